The molecule has 0 saturated heterocycles. The van der Waals surface area contributed by atoms with Crippen LogP contribution in [0.25, 0.3) is 0 Å². The van der Waals surface area contributed by atoms with E-state index in [9.17, 15) is 0 Å². The summed E-state index contributed by atoms with van der Waals surface area (Å²) in [6.07, 6.45) is 3.27. The van der Waals surface area contributed by atoms with Crippen LogP contribution >= 0.6 is 0 Å². The Labute approximate surface area is 115 Å². The van der Waals surface area contributed by atoms with Crippen LogP contribution < -0.4 is 0 Å². The largest absolute Gasteiger partial charge is 0.382 e. The van der Waals surface area contributed by atoms with E-state index >= 15 is 0 Å². The molecule has 106 valence electrons. The van der Waals surface area contributed by atoms with Gasteiger partial charge in [0.25, 0.3) is 0 Å². The van der Waals surface area contributed by atoms with Crippen LogP contribution in [-0.2, 0) is 17.6 Å². The van der Waals surface area contributed by atoms with Crippen LogP contribution in [0.3, 0.4) is 0 Å². The van der Waals surface area contributed by atoms with Gasteiger partial charge in [-0.05, 0) is 25.2 Å². The van der Waals surface area contributed by atoms with Crippen LogP contribution in [-0.4, -0.2) is 28.7 Å². The van der Waals surface area contributed by atoms with Crippen molar-refractivity contribution in [3.63, 3.8) is 0 Å². The highest BCUT2D eigenvalue weighted by atomic mass is 16.5. The van der Waals surface area contributed by atoms with Gasteiger partial charge in [-0.2, -0.15) is 5.26 Å². The first-order chi connectivity index (χ1) is 9.13. The zero-order valence-corrected chi connectivity index (χ0v) is 12.4. The average Bonchev–Trinajstić information content (AvgIpc) is 2.77. The predicted molar refractivity (Wildman–Crippen MR) is 73.7 cm³/mol. The fourth-order valence-corrected chi connectivity index (χ4v) is 2.09. The van der Waals surface area contributed by atoms with Crippen LogP contribution in [0.5, 0.6) is 0 Å². The average molecular weight is 264 g/mol. The Bertz CT molecular complexity index is 420. The maximum absolute atomic E-state index is 8.88. The number of rotatable bonds is 8. The summed E-state index contributed by atoms with van der Waals surface area (Å²) < 4.78 is 7.20. The van der Waals surface area contributed by atoms with E-state index in [-0.39, 0.29) is 6.04 Å². The third kappa shape index (κ3) is 4.32. The van der Waals surface area contributed by atoms with Crippen molar-refractivity contribution in [1.29, 1.82) is 5.26 Å². The van der Waals surface area contributed by atoms with Gasteiger partial charge >= 0.3 is 0 Å². The second-order valence-corrected chi connectivity index (χ2v) is 5.21. The summed E-state index contributed by atoms with van der Waals surface area (Å²) >= 11 is 0. The van der Waals surface area contributed by atoms with Crippen molar-refractivity contribution in [1.82, 2.24) is 15.0 Å². The second-order valence-electron chi connectivity index (χ2n) is 5.21. The van der Waals surface area contributed by atoms with Gasteiger partial charge in [0.1, 0.15) is 0 Å². The first-order valence-corrected chi connectivity index (χ1v) is 6.92. The highest BCUT2D eigenvalue weighted by Crippen LogP contribution is 2.19. The molecule has 0 aliphatic heterocycles. The first kappa shape index (κ1) is 15.6. The van der Waals surface area contributed by atoms with Crippen LogP contribution in [0.15, 0.2) is 0 Å². The van der Waals surface area contributed by atoms with Crippen LogP contribution in [0.1, 0.15) is 51.0 Å². The SMILES string of the molecule is CCC(COC)n1nnc(CC#N)c1CCC(C)C. The molecule has 0 amide bonds. The molecule has 0 radical (unpaired) electrons. The topological polar surface area (TPSA) is 63.7 Å². The molecule has 1 rings (SSSR count). The lowest BCUT2D eigenvalue weighted by atomic mass is 10.0. The molecule has 0 N–H and O–H groups in total. The molecule has 1 atom stereocenters. The van der Waals surface area contributed by atoms with Crippen LogP contribution in [0.2, 0.25) is 0 Å². The highest BCUT2D eigenvalue weighted by Gasteiger charge is 2.19. The fourth-order valence-electron chi connectivity index (χ4n) is 2.09. The molecular weight excluding hydrogens is 240 g/mol. The first-order valence-electron chi connectivity index (χ1n) is 6.92. The zero-order valence-electron chi connectivity index (χ0n) is 12.4. The summed E-state index contributed by atoms with van der Waals surface area (Å²) in [6.45, 7) is 7.14. The Morgan fingerprint density at radius 1 is 1.42 bits per heavy atom. The van der Waals surface area contributed by atoms with Gasteiger partial charge in [0.2, 0.25) is 0 Å². The molecule has 1 aromatic heterocycles. The monoisotopic (exact) mass is 264 g/mol. The zero-order chi connectivity index (χ0) is 14.3. The molecule has 0 aromatic carbocycles. The summed E-state index contributed by atoms with van der Waals surface area (Å²) in [5.41, 5.74) is 1.91. The van der Waals surface area contributed by atoms with Crippen LogP contribution in [0, 0.1) is 17.2 Å². The molecule has 1 aromatic rings. The molecular formula is C14H24N4O. The minimum Gasteiger partial charge on any atom is -0.382 e. The standard InChI is InChI=1S/C14H24N4O/c1-5-12(10-19-4)18-14(7-6-11(2)3)13(8-9-15)16-17-18/h11-12H,5-8,10H2,1-4H3. The Morgan fingerprint density at radius 2 is 2.16 bits per heavy atom. The lowest BCUT2D eigenvalue weighted by Crippen LogP contribution is -2.18. The minimum atomic E-state index is 0.201. The Hall–Kier alpha value is -1.41. The normalized spacial score (nSPS) is 12.6. The van der Waals surface area contributed by atoms with E-state index in [4.69, 9.17) is 10.00 Å². The Balaban J connectivity index is 2.98. The van der Waals surface area contributed by atoms with E-state index in [1.54, 1.807) is 7.11 Å². The predicted octanol–water partition coefficient (Wildman–Crippen LogP) is 2.53. The molecule has 0 saturated carbocycles. The number of methoxy groups -OCH3 is 1. The maximum atomic E-state index is 8.88. The molecule has 5 nitrogen and oxygen atoms in total. The number of nitrogens with zero attached hydrogens (tertiary/aromatic N) is 4. The van der Waals surface area contributed by atoms with Crippen molar-refractivity contribution in [3.8, 4) is 6.07 Å². The maximum Gasteiger partial charge on any atom is 0.0999 e. The number of aromatic nitrogens is 3. The van der Waals surface area contributed by atoms with Crippen molar-refractivity contribution in [2.24, 2.45) is 5.92 Å². The molecule has 0 bridgehead atoms. The van der Waals surface area contributed by atoms with Crippen LogP contribution in [0.4, 0.5) is 0 Å². The minimum absolute atomic E-state index is 0.201. The van der Waals surface area contributed by atoms with Crippen molar-refractivity contribution in [3.05, 3.63) is 11.4 Å². The molecule has 1 heterocycles. The van der Waals surface area contributed by atoms with Gasteiger partial charge in [-0.15, -0.1) is 5.10 Å². The summed E-state index contributed by atoms with van der Waals surface area (Å²) in [7, 11) is 1.70. The van der Waals surface area contributed by atoms with Gasteiger partial charge < -0.3 is 4.74 Å². The van der Waals surface area contributed by atoms with E-state index in [0.717, 1.165) is 30.7 Å². The van der Waals surface area contributed by atoms with E-state index in [0.29, 0.717) is 18.9 Å². The summed E-state index contributed by atoms with van der Waals surface area (Å²) in [5.74, 6) is 0.626. The highest BCUT2D eigenvalue weighted by molar-refractivity contribution is 5.15. The number of nitriles is 1. The quantitative estimate of drug-likeness (QED) is 0.723. The molecule has 19 heavy (non-hydrogen) atoms. The van der Waals surface area contributed by atoms with Gasteiger partial charge in [-0.25, -0.2) is 4.68 Å². The van der Waals surface area contributed by atoms with Gasteiger partial charge in [-0.1, -0.05) is 26.0 Å². The smallest absolute Gasteiger partial charge is 0.0999 e. The second kappa shape index (κ2) is 7.90. The summed E-state index contributed by atoms with van der Waals surface area (Å²) in [4.78, 5) is 0. The molecule has 0 aliphatic rings. The van der Waals surface area contributed by atoms with E-state index < -0.39 is 0 Å². The summed E-state index contributed by atoms with van der Waals surface area (Å²) in [6, 6.07) is 2.37. The fraction of sp³-hybridized carbons (Fsp3) is 0.786. The molecule has 0 spiro atoms. The third-order valence-corrected chi connectivity index (χ3v) is 3.25. The van der Waals surface area contributed by atoms with Crippen molar-refractivity contribution >= 4 is 0 Å². The van der Waals surface area contributed by atoms with E-state index in [1.807, 2.05) is 4.68 Å². The van der Waals surface area contributed by atoms with Crippen molar-refractivity contribution < 1.29 is 4.74 Å². The van der Waals surface area contributed by atoms with Gasteiger partial charge in [0.05, 0.1) is 36.5 Å². The van der Waals surface area contributed by atoms with Gasteiger partial charge in [0, 0.05) is 7.11 Å². The van der Waals surface area contributed by atoms with Crippen molar-refractivity contribution in [2.45, 2.75) is 52.5 Å². The molecule has 5 heteroatoms. The third-order valence-electron chi connectivity index (χ3n) is 3.25. The van der Waals surface area contributed by atoms with E-state index in [1.165, 1.54) is 0 Å². The van der Waals surface area contributed by atoms with Gasteiger partial charge in [0.15, 0.2) is 0 Å². The lowest BCUT2D eigenvalue weighted by Gasteiger charge is -2.17. The summed E-state index contributed by atoms with van der Waals surface area (Å²) in [5, 5.41) is 17.3. The van der Waals surface area contributed by atoms with Gasteiger partial charge in [-0.3, -0.25) is 0 Å². The molecule has 1 unspecified atom stereocenters. The molecule has 0 aliphatic carbocycles. The number of ether oxygens (including phenoxy) is 1. The van der Waals surface area contributed by atoms with E-state index in [2.05, 4.69) is 37.2 Å². The lowest BCUT2D eigenvalue weighted by molar-refractivity contribution is 0.144. The Kier molecular flexibility index (Phi) is 6.51. The number of hydrogen-bond acceptors (Lipinski definition) is 4. The Morgan fingerprint density at radius 3 is 2.68 bits per heavy atom. The number of hydrogen-bond donors (Lipinski definition) is 0. The molecule has 0 fully saturated rings. The van der Waals surface area contributed by atoms with Crippen molar-refractivity contribution in [2.75, 3.05) is 13.7 Å².